The van der Waals surface area contributed by atoms with Crippen LogP contribution in [0.25, 0.3) is 0 Å². The zero-order chi connectivity index (χ0) is 19.7. The Labute approximate surface area is 166 Å². The van der Waals surface area contributed by atoms with Crippen LogP contribution in [0.3, 0.4) is 0 Å². The molecule has 0 atom stereocenters. The van der Waals surface area contributed by atoms with Gasteiger partial charge in [-0.2, -0.15) is 0 Å². The number of amides is 2. The zero-order valence-corrected chi connectivity index (χ0v) is 16.3. The summed E-state index contributed by atoms with van der Waals surface area (Å²) in [6, 6.07) is 7.10. The van der Waals surface area contributed by atoms with E-state index in [1.165, 1.54) is 23.3 Å². The fourth-order valence-electron chi connectivity index (χ4n) is 3.61. The molecule has 1 aliphatic carbocycles. The van der Waals surface area contributed by atoms with E-state index in [-0.39, 0.29) is 25.0 Å². The van der Waals surface area contributed by atoms with E-state index >= 15 is 0 Å². The first-order valence-corrected chi connectivity index (χ1v) is 9.95. The summed E-state index contributed by atoms with van der Waals surface area (Å²) in [5.41, 5.74) is 1.99. The van der Waals surface area contributed by atoms with Crippen molar-refractivity contribution in [3.05, 3.63) is 40.3 Å². The number of para-hydroxylation sites is 2. The van der Waals surface area contributed by atoms with E-state index in [9.17, 15) is 14.4 Å². The number of carbonyl (C=O) groups is 3. The number of fused-ring (bicyclic) bond motifs is 2. The normalized spacial score (nSPS) is 15.3. The molecular weight excluding hydrogens is 380 g/mol. The lowest BCUT2D eigenvalue weighted by molar-refractivity contribution is -0.123. The van der Waals surface area contributed by atoms with Gasteiger partial charge in [-0.3, -0.25) is 14.5 Å². The summed E-state index contributed by atoms with van der Waals surface area (Å²) >= 11 is 1.42. The van der Waals surface area contributed by atoms with E-state index in [4.69, 9.17) is 9.47 Å². The van der Waals surface area contributed by atoms with Gasteiger partial charge in [0.25, 0.3) is 5.91 Å². The van der Waals surface area contributed by atoms with E-state index in [1.807, 2.05) is 6.07 Å². The molecule has 146 valence electrons. The van der Waals surface area contributed by atoms with Crippen LogP contribution in [0.1, 0.15) is 33.6 Å². The van der Waals surface area contributed by atoms with E-state index in [1.54, 1.807) is 18.2 Å². The van der Waals surface area contributed by atoms with Gasteiger partial charge < -0.3 is 14.8 Å². The summed E-state index contributed by atoms with van der Waals surface area (Å²) in [4.78, 5) is 39.8. The maximum absolute atomic E-state index is 12.7. The van der Waals surface area contributed by atoms with Crippen molar-refractivity contribution in [2.45, 2.75) is 25.7 Å². The number of hydrogen-bond acceptors (Lipinski definition) is 6. The highest BCUT2D eigenvalue weighted by Gasteiger charge is 2.30. The summed E-state index contributed by atoms with van der Waals surface area (Å²) in [6.07, 6.45) is 3.79. The predicted octanol–water partition coefficient (Wildman–Crippen LogP) is 2.78. The largest absolute Gasteiger partial charge is 0.482 e. The molecule has 7 nitrogen and oxygen atoms in total. The Balaban J connectivity index is 1.57. The van der Waals surface area contributed by atoms with Crippen molar-refractivity contribution in [3.8, 4) is 5.75 Å². The maximum atomic E-state index is 12.7. The fraction of sp³-hybridized carbons (Fsp3) is 0.350. The van der Waals surface area contributed by atoms with Gasteiger partial charge >= 0.3 is 5.97 Å². The first kappa shape index (κ1) is 18.5. The van der Waals surface area contributed by atoms with Gasteiger partial charge in [-0.15, -0.1) is 11.3 Å². The smallest absolute Gasteiger partial charge is 0.341 e. The van der Waals surface area contributed by atoms with E-state index in [0.717, 1.165) is 36.1 Å². The van der Waals surface area contributed by atoms with E-state index in [0.29, 0.717) is 22.0 Å². The minimum absolute atomic E-state index is 0.106. The van der Waals surface area contributed by atoms with Gasteiger partial charge in [0.1, 0.15) is 17.3 Å². The van der Waals surface area contributed by atoms with Crippen molar-refractivity contribution < 1.29 is 23.9 Å². The summed E-state index contributed by atoms with van der Waals surface area (Å²) in [7, 11) is 1.34. The second-order valence-electron chi connectivity index (χ2n) is 6.69. The highest BCUT2D eigenvalue weighted by molar-refractivity contribution is 7.17. The van der Waals surface area contributed by atoms with Crippen LogP contribution in [0.5, 0.6) is 5.75 Å². The lowest BCUT2D eigenvalue weighted by atomic mass is 9.95. The number of nitrogens with one attached hydrogen (secondary N) is 1. The average molecular weight is 400 g/mol. The second-order valence-corrected chi connectivity index (χ2v) is 7.80. The van der Waals surface area contributed by atoms with Crippen molar-refractivity contribution in [3.63, 3.8) is 0 Å². The molecule has 8 heteroatoms. The quantitative estimate of drug-likeness (QED) is 0.798. The van der Waals surface area contributed by atoms with Crippen molar-refractivity contribution in [1.82, 2.24) is 0 Å². The number of hydrogen-bond donors (Lipinski definition) is 1. The molecule has 2 aliphatic rings. The van der Waals surface area contributed by atoms with Gasteiger partial charge in [0.05, 0.1) is 18.4 Å². The van der Waals surface area contributed by atoms with Crippen LogP contribution in [0.4, 0.5) is 10.7 Å². The van der Waals surface area contributed by atoms with Crippen LogP contribution < -0.4 is 15.0 Å². The molecule has 0 fully saturated rings. The van der Waals surface area contributed by atoms with E-state index < -0.39 is 5.97 Å². The predicted molar refractivity (Wildman–Crippen MR) is 105 cm³/mol. The van der Waals surface area contributed by atoms with Crippen LogP contribution in [-0.2, 0) is 27.2 Å². The van der Waals surface area contributed by atoms with Crippen LogP contribution in [0.2, 0.25) is 0 Å². The first-order chi connectivity index (χ1) is 13.6. The lowest BCUT2D eigenvalue weighted by Gasteiger charge is -2.28. The second kappa shape index (κ2) is 7.63. The van der Waals surface area contributed by atoms with Crippen molar-refractivity contribution >= 4 is 39.8 Å². The number of methoxy groups -OCH3 is 1. The van der Waals surface area contributed by atoms with Crippen LogP contribution in [0.15, 0.2) is 24.3 Å². The maximum Gasteiger partial charge on any atom is 0.341 e. The fourth-order valence-corrected chi connectivity index (χ4v) is 4.90. The molecule has 1 aromatic carbocycles. The molecule has 2 amide bonds. The molecule has 0 radical (unpaired) electrons. The summed E-state index contributed by atoms with van der Waals surface area (Å²) in [5, 5.41) is 3.32. The number of esters is 1. The van der Waals surface area contributed by atoms with Gasteiger partial charge in [0.15, 0.2) is 6.61 Å². The summed E-state index contributed by atoms with van der Waals surface area (Å²) < 4.78 is 10.3. The Morgan fingerprint density at radius 1 is 1.25 bits per heavy atom. The molecule has 2 heterocycles. The van der Waals surface area contributed by atoms with Crippen molar-refractivity contribution in [2.75, 3.05) is 30.5 Å². The van der Waals surface area contributed by atoms with Gasteiger partial charge in [0, 0.05) is 4.88 Å². The molecular formula is C20H20N2O5S. The van der Waals surface area contributed by atoms with Crippen LogP contribution in [0, 0.1) is 0 Å². The number of thiophene rings is 1. The third kappa shape index (κ3) is 3.35. The third-order valence-electron chi connectivity index (χ3n) is 4.92. The highest BCUT2D eigenvalue weighted by atomic mass is 32.1. The molecule has 1 aliphatic heterocycles. The topological polar surface area (TPSA) is 84.9 Å². The number of nitrogens with zero attached hydrogens (tertiary/aromatic N) is 1. The van der Waals surface area contributed by atoms with Gasteiger partial charge in [-0.1, -0.05) is 12.1 Å². The number of rotatable bonds is 4. The number of ether oxygens (including phenoxy) is 2. The minimum Gasteiger partial charge on any atom is -0.482 e. The molecule has 1 N–H and O–H groups in total. The van der Waals surface area contributed by atoms with Crippen LogP contribution >= 0.6 is 11.3 Å². The number of carbonyl (C=O) groups excluding carboxylic acids is 3. The molecule has 2 aromatic rings. The van der Waals surface area contributed by atoms with Crippen molar-refractivity contribution in [1.29, 1.82) is 0 Å². The zero-order valence-electron chi connectivity index (χ0n) is 15.4. The Bertz CT molecular complexity index is 952. The Kier molecular flexibility index (Phi) is 5.04. The molecule has 1 aromatic heterocycles. The van der Waals surface area contributed by atoms with E-state index in [2.05, 4.69) is 5.32 Å². The van der Waals surface area contributed by atoms with Crippen LogP contribution in [-0.4, -0.2) is 38.0 Å². The standard InChI is InChI=1S/C20H20N2O5S/c1-26-20(25)18-12-6-2-5-9-15(12)28-19(18)21-16(23)10-22-13-7-3-4-8-14(13)27-11-17(22)24/h3-4,7-8H,2,5-6,9-11H2,1H3,(H,21,23). The monoisotopic (exact) mass is 400 g/mol. The minimum atomic E-state index is -0.442. The molecule has 0 unspecified atom stereocenters. The summed E-state index contributed by atoms with van der Waals surface area (Å²) in [5.74, 6) is -0.527. The average Bonchev–Trinajstić information content (AvgIpc) is 3.07. The van der Waals surface area contributed by atoms with Gasteiger partial charge in [-0.25, -0.2) is 4.79 Å². The number of benzene rings is 1. The molecule has 4 rings (SSSR count). The van der Waals surface area contributed by atoms with Gasteiger partial charge in [0.2, 0.25) is 5.91 Å². The highest BCUT2D eigenvalue weighted by Crippen LogP contribution is 2.38. The third-order valence-corrected chi connectivity index (χ3v) is 6.13. The van der Waals surface area contributed by atoms with Crippen molar-refractivity contribution in [2.24, 2.45) is 0 Å². The number of anilines is 2. The Morgan fingerprint density at radius 2 is 2.04 bits per heavy atom. The molecule has 28 heavy (non-hydrogen) atoms. The molecule has 0 spiro atoms. The summed E-state index contributed by atoms with van der Waals surface area (Å²) in [6.45, 7) is -0.257. The first-order valence-electron chi connectivity index (χ1n) is 9.13. The Hall–Kier alpha value is -2.87. The Morgan fingerprint density at radius 3 is 2.86 bits per heavy atom. The molecule has 0 saturated carbocycles. The SMILES string of the molecule is COC(=O)c1c(NC(=O)CN2C(=O)COc3ccccc32)sc2c1CCCC2. The van der Waals surface area contributed by atoms with Gasteiger partial charge in [-0.05, 0) is 43.4 Å². The lowest BCUT2D eigenvalue weighted by Crippen LogP contribution is -2.43. The number of aryl methyl sites for hydroxylation is 1. The molecule has 0 bridgehead atoms. The molecule has 0 saturated heterocycles.